The number of halogens is 1. The third kappa shape index (κ3) is 2.82. The van der Waals surface area contributed by atoms with E-state index < -0.39 is 0 Å². The molecule has 1 saturated heterocycles. The minimum Gasteiger partial charge on any atom is -0.397 e. The molecule has 0 amide bonds. The maximum atomic E-state index is 6.25. The van der Waals surface area contributed by atoms with Crippen molar-refractivity contribution in [3.8, 4) is 0 Å². The van der Waals surface area contributed by atoms with E-state index in [0.29, 0.717) is 22.3 Å². The van der Waals surface area contributed by atoms with Gasteiger partial charge in [-0.1, -0.05) is 11.6 Å². The highest BCUT2D eigenvalue weighted by atomic mass is 35.5. The molecule has 2 rings (SSSR count). The fourth-order valence-electron chi connectivity index (χ4n) is 2.55. The summed E-state index contributed by atoms with van der Waals surface area (Å²) in [6, 6.07) is 3.63. The van der Waals surface area contributed by atoms with Gasteiger partial charge < -0.3 is 21.3 Å². The Morgan fingerprint density at radius 1 is 1.33 bits per heavy atom. The molecule has 1 aromatic carbocycles. The van der Waals surface area contributed by atoms with Gasteiger partial charge in [0.1, 0.15) is 0 Å². The van der Waals surface area contributed by atoms with Crippen molar-refractivity contribution in [2.24, 2.45) is 5.92 Å². The normalized spacial score (nSPS) is 19.8. The minimum atomic E-state index is 0.549. The molecular formula is C13H21ClN4. The molecule has 0 bridgehead atoms. The molecule has 100 valence electrons. The number of nitrogens with zero attached hydrogens (tertiary/aromatic N) is 2. The van der Waals surface area contributed by atoms with Crippen molar-refractivity contribution < 1.29 is 0 Å². The van der Waals surface area contributed by atoms with Crippen LogP contribution in [-0.2, 0) is 0 Å². The lowest BCUT2D eigenvalue weighted by molar-refractivity contribution is 0.340. The van der Waals surface area contributed by atoms with Gasteiger partial charge in [0.15, 0.2) is 0 Å². The summed E-state index contributed by atoms with van der Waals surface area (Å²) in [7, 11) is 4.22. The first-order valence-electron chi connectivity index (χ1n) is 6.21. The predicted octanol–water partition coefficient (Wildman–Crippen LogP) is 1.89. The lowest BCUT2D eigenvalue weighted by Gasteiger charge is -2.22. The summed E-state index contributed by atoms with van der Waals surface area (Å²) in [5.41, 5.74) is 13.8. The highest BCUT2D eigenvalue weighted by Crippen LogP contribution is 2.35. The second-order valence-electron chi connectivity index (χ2n) is 5.30. The molecule has 0 spiro atoms. The zero-order valence-electron chi connectivity index (χ0n) is 11.0. The first kappa shape index (κ1) is 13.3. The molecule has 1 atom stereocenters. The SMILES string of the molecule is CN(C)C[C@@H]1CCN(c2cc(N)c(N)cc2Cl)C1. The molecule has 1 heterocycles. The lowest BCUT2D eigenvalue weighted by atomic mass is 10.1. The third-order valence-electron chi connectivity index (χ3n) is 3.40. The van der Waals surface area contributed by atoms with Gasteiger partial charge in [-0.05, 0) is 38.6 Å². The fraction of sp³-hybridized carbons (Fsp3) is 0.538. The van der Waals surface area contributed by atoms with E-state index >= 15 is 0 Å². The molecule has 0 unspecified atom stereocenters. The number of hydrogen-bond donors (Lipinski definition) is 2. The van der Waals surface area contributed by atoms with Crippen molar-refractivity contribution in [2.45, 2.75) is 6.42 Å². The van der Waals surface area contributed by atoms with Crippen LogP contribution in [0.2, 0.25) is 5.02 Å². The van der Waals surface area contributed by atoms with E-state index in [2.05, 4.69) is 23.9 Å². The Labute approximate surface area is 113 Å². The third-order valence-corrected chi connectivity index (χ3v) is 3.71. The molecule has 0 saturated carbocycles. The van der Waals surface area contributed by atoms with Crippen LogP contribution >= 0.6 is 11.6 Å². The Balaban J connectivity index is 2.12. The zero-order valence-corrected chi connectivity index (χ0v) is 11.7. The van der Waals surface area contributed by atoms with Crippen LogP contribution in [-0.4, -0.2) is 38.6 Å². The molecule has 0 radical (unpaired) electrons. The van der Waals surface area contributed by atoms with Crippen molar-refractivity contribution in [1.82, 2.24) is 4.90 Å². The van der Waals surface area contributed by atoms with E-state index in [1.165, 1.54) is 6.42 Å². The van der Waals surface area contributed by atoms with E-state index in [1.54, 1.807) is 6.07 Å². The van der Waals surface area contributed by atoms with E-state index in [0.717, 1.165) is 25.3 Å². The summed E-state index contributed by atoms with van der Waals surface area (Å²) < 4.78 is 0. The quantitative estimate of drug-likeness (QED) is 0.822. The van der Waals surface area contributed by atoms with Crippen molar-refractivity contribution in [3.63, 3.8) is 0 Å². The van der Waals surface area contributed by atoms with Crippen molar-refractivity contribution in [1.29, 1.82) is 0 Å². The van der Waals surface area contributed by atoms with Gasteiger partial charge >= 0.3 is 0 Å². The number of nitrogens with two attached hydrogens (primary N) is 2. The Hall–Kier alpha value is -1.13. The van der Waals surface area contributed by atoms with Gasteiger partial charge in [0.25, 0.3) is 0 Å². The van der Waals surface area contributed by atoms with Gasteiger partial charge in [0.05, 0.1) is 22.1 Å². The molecule has 0 aromatic heterocycles. The Morgan fingerprint density at radius 2 is 2.00 bits per heavy atom. The van der Waals surface area contributed by atoms with E-state index in [-0.39, 0.29) is 0 Å². The van der Waals surface area contributed by atoms with E-state index in [9.17, 15) is 0 Å². The van der Waals surface area contributed by atoms with Gasteiger partial charge in [-0.15, -0.1) is 0 Å². The average molecular weight is 269 g/mol. The molecule has 1 aliphatic rings. The molecule has 1 aromatic rings. The van der Waals surface area contributed by atoms with Gasteiger partial charge in [0, 0.05) is 19.6 Å². The highest BCUT2D eigenvalue weighted by Gasteiger charge is 2.24. The van der Waals surface area contributed by atoms with Gasteiger partial charge in [-0.2, -0.15) is 0 Å². The molecular weight excluding hydrogens is 248 g/mol. The van der Waals surface area contributed by atoms with Gasteiger partial charge in [0.2, 0.25) is 0 Å². The first-order chi connectivity index (χ1) is 8.47. The van der Waals surface area contributed by atoms with Crippen LogP contribution in [0, 0.1) is 5.92 Å². The lowest BCUT2D eigenvalue weighted by Crippen LogP contribution is -2.25. The summed E-state index contributed by atoms with van der Waals surface area (Å²) in [6.07, 6.45) is 1.19. The topological polar surface area (TPSA) is 58.5 Å². The van der Waals surface area contributed by atoms with E-state index in [1.807, 2.05) is 6.07 Å². The molecule has 4 nitrogen and oxygen atoms in total. The molecule has 5 heteroatoms. The molecule has 1 aliphatic heterocycles. The molecule has 1 fully saturated rings. The summed E-state index contributed by atoms with van der Waals surface area (Å²) in [5, 5.41) is 0.687. The van der Waals surface area contributed by atoms with Gasteiger partial charge in [-0.3, -0.25) is 0 Å². The Morgan fingerprint density at radius 3 is 2.67 bits per heavy atom. The number of rotatable bonds is 3. The van der Waals surface area contributed by atoms with Gasteiger partial charge in [-0.25, -0.2) is 0 Å². The van der Waals surface area contributed by atoms with Crippen LogP contribution in [0.25, 0.3) is 0 Å². The van der Waals surface area contributed by atoms with Crippen molar-refractivity contribution in [2.75, 3.05) is 50.1 Å². The number of benzene rings is 1. The number of nitrogen functional groups attached to an aromatic ring is 2. The molecule has 0 aliphatic carbocycles. The van der Waals surface area contributed by atoms with E-state index in [4.69, 9.17) is 23.1 Å². The second-order valence-corrected chi connectivity index (χ2v) is 5.70. The smallest absolute Gasteiger partial charge is 0.0661 e. The predicted molar refractivity (Wildman–Crippen MR) is 79.2 cm³/mol. The van der Waals surface area contributed by atoms with Crippen LogP contribution in [0.3, 0.4) is 0 Å². The summed E-state index contributed by atoms with van der Waals surface area (Å²) in [5.74, 6) is 0.690. The summed E-state index contributed by atoms with van der Waals surface area (Å²) in [4.78, 5) is 4.53. The first-order valence-corrected chi connectivity index (χ1v) is 6.59. The van der Waals surface area contributed by atoms with Crippen molar-refractivity contribution >= 4 is 28.7 Å². The van der Waals surface area contributed by atoms with Crippen LogP contribution < -0.4 is 16.4 Å². The largest absolute Gasteiger partial charge is 0.397 e. The van der Waals surface area contributed by atoms with Crippen LogP contribution in [0.4, 0.5) is 17.1 Å². The number of anilines is 3. The standard InChI is InChI=1S/C13H21ClN4/c1-17(2)7-9-3-4-18(8-9)13-6-12(16)11(15)5-10(13)14/h5-6,9H,3-4,7-8,15-16H2,1-2H3/t9-/m0/s1. The van der Waals surface area contributed by atoms with Crippen LogP contribution in [0.15, 0.2) is 12.1 Å². The zero-order chi connectivity index (χ0) is 13.3. The monoisotopic (exact) mass is 268 g/mol. The Kier molecular flexibility index (Phi) is 3.88. The average Bonchev–Trinajstić information content (AvgIpc) is 2.70. The fourth-order valence-corrected chi connectivity index (χ4v) is 2.84. The number of hydrogen-bond acceptors (Lipinski definition) is 4. The highest BCUT2D eigenvalue weighted by molar-refractivity contribution is 6.33. The van der Waals surface area contributed by atoms with Crippen LogP contribution in [0.1, 0.15) is 6.42 Å². The van der Waals surface area contributed by atoms with Crippen LogP contribution in [0.5, 0.6) is 0 Å². The molecule has 18 heavy (non-hydrogen) atoms. The maximum absolute atomic E-state index is 6.25. The maximum Gasteiger partial charge on any atom is 0.0661 e. The summed E-state index contributed by atoms with van der Waals surface area (Å²) in [6.45, 7) is 3.17. The summed E-state index contributed by atoms with van der Waals surface area (Å²) >= 11 is 6.25. The second kappa shape index (κ2) is 5.24. The van der Waals surface area contributed by atoms with Crippen molar-refractivity contribution in [3.05, 3.63) is 17.2 Å². The Bertz CT molecular complexity index is 433. The molecule has 4 N–H and O–H groups in total. The minimum absolute atomic E-state index is 0.549.